The summed E-state index contributed by atoms with van der Waals surface area (Å²) in [6, 6.07) is 11.8. The lowest BCUT2D eigenvalue weighted by atomic mass is 10.0. The van der Waals surface area contributed by atoms with Crippen LogP contribution in [0.3, 0.4) is 0 Å². The molecule has 1 aliphatic heterocycles. The highest BCUT2D eigenvalue weighted by Gasteiger charge is 2.34. The summed E-state index contributed by atoms with van der Waals surface area (Å²) < 4.78 is 40.4. The molecule has 0 saturated carbocycles. The molecule has 0 spiro atoms. The third-order valence-electron chi connectivity index (χ3n) is 4.75. The molecule has 144 valence electrons. The molecule has 0 aromatic heterocycles. The Hall–Kier alpha value is -2.25. The van der Waals surface area contributed by atoms with E-state index in [1.807, 2.05) is 31.2 Å². The molecular weight excluding hydrogens is 367 g/mol. The molecule has 27 heavy (non-hydrogen) atoms. The fourth-order valence-electron chi connectivity index (χ4n) is 3.30. The van der Waals surface area contributed by atoms with Gasteiger partial charge in [-0.15, -0.1) is 0 Å². The number of hydrogen-bond acceptors (Lipinski definition) is 3. The van der Waals surface area contributed by atoms with E-state index < -0.39 is 21.9 Å². The van der Waals surface area contributed by atoms with E-state index in [4.69, 9.17) is 0 Å². The Morgan fingerprint density at radius 2 is 1.78 bits per heavy atom. The Bertz CT molecular complexity index is 896. The molecule has 3 rings (SSSR count). The van der Waals surface area contributed by atoms with Gasteiger partial charge in [-0.2, -0.15) is 4.31 Å². The normalized spacial score (nSPS) is 18.2. The van der Waals surface area contributed by atoms with Gasteiger partial charge in [-0.25, -0.2) is 12.8 Å². The van der Waals surface area contributed by atoms with E-state index in [0.717, 1.165) is 30.5 Å². The molecule has 1 atom stereocenters. The summed E-state index contributed by atoms with van der Waals surface area (Å²) in [5.41, 5.74) is 1.78. The average Bonchev–Trinajstić information content (AvgIpc) is 2.64. The Labute approximate surface area is 159 Å². The molecule has 1 N–H and O–H groups in total. The number of anilines is 1. The van der Waals surface area contributed by atoms with Crippen molar-refractivity contribution in [2.24, 2.45) is 0 Å². The number of amides is 1. The van der Waals surface area contributed by atoms with Crippen LogP contribution < -0.4 is 5.32 Å². The molecule has 1 aliphatic rings. The van der Waals surface area contributed by atoms with Crippen LogP contribution in [0.5, 0.6) is 0 Å². The molecule has 1 heterocycles. The Morgan fingerprint density at radius 1 is 1.11 bits per heavy atom. The molecule has 2 aromatic rings. The summed E-state index contributed by atoms with van der Waals surface area (Å²) in [5, 5.41) is 2.83. The molecule has 0 unspecified atom stereocenters. The van der Waals surface area contributed by atoms with Crippen molar-refractivity contribution in [2.75, 3.05) is 11.9 Å². The zero-order chi connectivity index (χ0) is 19.4. The number of nitrogens with zero attached hydrogens (tertiary/aromatic N) is 1. The average molecular weight is 390 g/mol. The maximum Gasteiger partial charge on any atom is 0.243 e. The number of piperidine rings is 1. The van der Waals surface area contributed by atoms with Crippen LogP contribution in [0.15, 0.2) is 53.4 Å². The van der Waals surface area contributed by atoms with Crippen molar-refractivity contribution in [1.82, 2.24) is 4.31 Å². The van der Waals surface area contributed by atoms with Crippen molar-refractivity contribution in [2.45, 2.75) is 43.5 Å². The minimum Gasteiger partial charge on any atom is -0.326 e. The molecule has 0 bridgehead atoms. The number of nitrogens with one attached hydrogen (secondary N) is 1. The zero-order valence-corrected chi connectivity index (χ0v) is 16.0. The van der Waals surface area contributed by atoms with Gasteiger partial charge in [0.2, 0.25) is 15.9 Å². The van der Waals surface area contributed by atoms with E-state index in [2.05, 4.69) is 5.32 Å². The van der Waals surface area contributed by atoms with E-state index in [-0.39, 0.29) is 17.2 Å². The summed E-state index contributed by atoms with van der Waals surface area (Å²) in [7, 11) is -3.77. The highest BCUT2D eigenvalue weighted by Crippen LogP contribution is 2.27. The van der Waals surface area contributed by atoms with Gasteiger partial charge in [-0.3, -0.25) is 4.79 Å². The van der Waals surface area contributed by atoms with Crippen LogP contribution in [0.4, 0.5) is 10.1 Å². The monoisotopic (exact) mass is 390 g/mol. The Kier molecular flexibility index (Phi) is 5.92. The van der Waals surface area contributed by atoms with Gasteiger partial charge in [-0.1, -0.05) is 24.1 Å². The van der Waals surface area contributed by atoms with Crippen LogP contribution in [0.2, 0.25) is 0 Å². The van der Waals surface area contributed by atoms with Crippen molar-refractivity contribution in [3.8, 4) is 0 Å². The molecule has 1 fully saturated rings. The maximum absolute atomic E-state index is 13.1. The molecule has 0 aliphatic carbocycles. The van der Waals surface area contributed by atoms with Gasteiger partial charge in [0, 0.05) is 24.7 Å². The van der Waals surface area contributed by atoms with Crippen LogP contribution in [0.1, 0.15) is 31.2 Å². The van der Waals surface area contributed by atoms with Gasteiger partial charge in [0.15, 0.2) is 0 Å². The van der Waals surface area contributed by atoms with Gasteiger partial charge in [0.05, 0.1) is 4.90 Å². The first-order valence-electron chi connectivity index (χ1n) is 9.00. The number of benzene rings is 2. The SMILES string of the molecule is Cc1ccc(NC(=O)C[C@@H]2CCCCN2S(=O)(=O)c2ccc(F)cc2)cc1. The van der Waals surface area contributed by atoms with Crippen molar-refractivity contribution in [3.63, 3.8) is 0 Å². The lowest BCUT2D eigenvalue weighted by molar-refractivity contribution is -0.117. The van der Waals surface area contributed by atoms with E-state index in [1.165, 1.54) is 16.4 Å². The van der Waals surface area contributed by atoms with Crippen LogP contribution >= 0.6 is 0 Å². The number of aryl methyl sites for hydroxylation is 1. The lowest BCUT2D eigenvalue weighted by Gasteiger charge is -2.34. The Morgan fingerprint density at radius 3 is 2.44 bits per heavy atom. The van der Waals surface area contributed by atoms with Crippen LogP contribution in [-0.2, 0) is 14.8 Å². The highest BCUT2D eigenvalue weighted by atomic mass is 32.2. The highest BCUT2D eigenvalue weighted by molar-refractivity contribution is 7.89. The molecule has 2 aromatic carbocycles. The number of carbonyl (C=O) groups is 1. The predicted octanol–water partition coefficient (Wildman–Crippen LogP) is 3.71. The second-order valence-corrected chi connectivity index (χ2v) is 8.73. The van der Waals surface area contributed by atoms with Crippen molar-refractivity contribution >= 4 is 21.6 Å². The quantitative estimate of drug-likeness (QED) is 0.846. The molecule has 1 amide bonds. The molecule has 1 saturated heterocycles. The minimum atomic E-state index is -3.77. The molecular formula is C20H23FN2O3S. The molecule has 7 heteroatoms. The second kappa shape index (κ2) is 8.19. The van der Waals surface area contributed by atoms with Gasteiger partial charge >= 0.3 is 0 Å². The number of hydrogen-bond donors (Lipinski definition) is 1. The minimum absolute atomic E-state index is 0.0507. The van der Waals surface area contributed by atoms with E-state index >= 15 is 0 Å². The summed E-state index contributed by atoms with van der Waals surface area (Å²) in [6.45, 7) is 2.33. The first-order chi connectivity index (χ1) is 12.9. The number of carbonyl (C=O) groups excluding carboxylic acids is 1. The summed E-state index contributed by atoms with van der Waals surface area (Å²) in [6.07, 6.45) is 2.34. The van der Waals surface area contributed by atoms with Crippen molar-refractivity contribution in [1.29, 1.82) is 0 Å². The van der Waals surface area contributed by atoms with Crippen molar-refractivity contribution in [3.05, 3.63) is 59.9 Å². The smallest absolute Gasteiger partial charge is 0.243 e. The Balaban J connectivity index is 1.73. The first-order valence-corrected chi connectivity index (χ1v) is 10.4. The predicted molar refractivity (Wildman–Crippen MR) is 102 cm³/mol. The number of sulfonamides is 1. The van der Waals surface area contributed by atoms with Gasteiger partial charge in [0.25, 0.3) is 0 Å². The number of rotatable bonds is 5. The van der Waals surface area contributed by atoms with Gasteiger partial charge in [-0.05, 0) is 56.2 Å². The third-order valence-corrected chi connectivity index (χ3v) is 6.72. The topological polar surface area (TPSA) is 66.5 Å². The van der Waals surface area contributed by atoms with Crippen LogP contribution in [-0.4, -0.2) is 31.2 Å². The first kappa shape index (κ1) is 19.5. The van der Waals surface area contributed by atoms with Crippen molar-refractivity contribution < 1.29 is 17.6 Å². The lowest BCUT2D eigenvalue weighted by Crippen LogP contribution is -2.45. The van der Waals surface area contributed by atoms with E-state index in [0.29, 0.717) is 18.7 Å². The third kappa shape index (κ3) is 4.73. The summed E-state index contributed by atoms with van der Waals surface area (Å²) in [4.78, 5) is 12.5. The van der Waals surface area contributed by atoms with Gasteiger partial charge in [0.1, 0.15) is 5.82 Å². The molecule has 5 nitrogen and oxygen atoms in total. The zero-order valence-electron chi connectivity index (χ0n) is 15.2. The molecule has 0 radical (unpaired) electrons. The van der Waals surface area contributed by atoms with E-state index in [1.54, 1.807) is 0 Å². The van der Waals surface area contributed by atoms with Crippen LogP contribution in [0.25, 0.3) is 0 Å². The van der Waals surface area contributed by atoms with Gasteiger partial charge < -0.3 is 5.32 Å². The standard InChI is InChI=1S/C20H23FN2O3S/c1-15-5-9-17(10-6-15)22-20(24)14-18-4-2-3-13-23(18)27(25,26)19-11-7-16(21)8-12-19/h5-12,18H,2-4,13-14H2,1H3,(H,22,24)/t18-/m0/s1. The summed E-state index contributed by atoms with van der Waals surface area (Å²) >= 11 is 0. The number of halogens is 1. The fourth-order valence-corrected chi connectivity index (χ4v) is 4.99. The second-order valence-electron chi connectivity index (χ2n) is 6.84. The van der Waals surface area contributed by atoms with Crippen LogP contribution in [0, 0.1) is 12.7 Å². The fraction of sp³-hybridized carbons (Fsp3) is 0.350. The largest absolute Gasteiger partial charge is 0.326 e. The maximum atomic E-state index is 13.1. The summed E-state index contributed by atoms with van der Waals surface area (Å²) in [5.74, 6) is -0.702. The van der Waals surface area contributed by atoms with E-state index in [9.17, 15) is 17.6 Å².